The van der Waals surface area contributed by atoms with Crippen LogP contribution in [0.4, 0.5) is 4.39 Å². The zero-order valence-corrected chi connectivity index (χ0v) is 18.6. The Labute approximate surface area is 195 Å². The van der Waals surface area contributed by atoms with E-state index in [2.05, 4.69) is 0 Å². The van der Waals surface area contributed by atoms with E-state index in [1.807, 2.05) is 4.57 Å². The van der Waals surface area contributed by atoms with Crippen molar-refractivity contribution in [2.45, 2.75) is 39.2 Å². The third-order valence-corrected chi connectivity index (χ3v) is 6.48. The van der Waals surface area contributed by atoms with Crippen molar-refractivity contribution in [3.8, 4) is 17.0 Å². The number of Topliss-reactive ketones (excluding diaryl/α,β-unsaturated/α-hetero) is 1. The first-order chi connectivity index (χ1) is 16.3. The van der Waals surface area contributed by atoms with E-state index < -0.39 is 5.97 Å². The molecule has 0 saturated heterocycles. The highest BCUT2D eigenvalue weighted by molar-refractivity contribution is 6.12. The van der Waals surface area contributed by atoms with Crippen LogP contribution in [0.25, 0.3) is 22.0 Å². The molecule has 4 aromatic rings. The lowest BCUT2D eigenvalue weighted by Gasteiger charge is -2.15. The number of ketones is 1. The molecule has 2 aromatic carbocycles. The fourth-order valence-electron chi connectivity index (χ4n) is 4.89. The summed E-state index contributed by atoms with van der Waals surface area (Å²) in [7, 11) is 0. The Morgan fingerprint density at radius 2 is 1.76 bits per heavy atom. The predicted molar refractivity (Wildman–Crippen MR) is 126 cm³/mol. The van der Waals surface area contributed by atoms with Gasteiger partial charge in [0.15, 0.2) is 5.78 Å². The van der Waals surface area contributed by atoms with Gasteiger partial charge in [-0.2, -0.15) is 0 Å². The average molecular weight is 458 g/mol. The van der Waals surface area contributed by atoms with Gasteiger partial charge >= 0.3 is 5.97 Å². The van der Waals surface area contributed by atoms with E-state index in [0.717, 1.165) is 24.1 Å². The lowest BCUT2D eigenvalue weighted by atomic mass is 9.90. The number of hydrogen-bond acceptors (Lipinski definition) is 4. The number of nitrogens with zero attached hydrogens (tertiary/aromatic N) is 2. The van der Waals surface area contributed by atoms with Gasteiger partial charge < -0.3 is 14.8 Å². The minimum absolute atomic E-state index is 0.0832. The van der Waals surface area contributed by atoms with E-state index in [0.29, 0.717) is 52.7 Å². The van der Waals surface area contributed by atoms with Crippen molar-refractivity contribution >= 4 is 22.7 Å². The quantitative estimate of drug-likeness (QED) is 0.389. The fourth-order valence-corrected chi connectivity index (χ4v) is 4.89. The Morgan fingerprint density at radius 3 is 2.41 bits per heavy atom. The van der Waals surface area contributed by atoms with Crippen LogP contribution >= 0.6 is 0 Å². The second-order valence-electron chi connectivity index (χ2n) is 8.62. The number of rotatable bonds is 6. The molecule has 0 bridgehead atoms. The number of carbonyl (C=O) groups excluding carboxylic acids is 1. The molecule has 0 unspecified atom stereocenters. The predicted octanol–water partition coefficient (Wildman–Crippen LogP) is 5.18. The number of fused-ring (bicyclic) bond motifs is 3. The van der Waals surface area contributed by atoms with Crippen molar-refractivity contribution in [2.24, 2.45) is 0 Å². The highest BCUT2D eigenvalue weighted by Crippen LogP contribution is 2.43. The highest BCUT2D eigenvalue weighted by atomic mass is 19.1. The molecular weight excluding hydrogens is 435 g/mol. The van der Waals surface area contributed by atoms with Gasteiger partial charge in [-0.25, -0.2) is 14.2 Å². The summed E-state index contributed by atoms with van der Waals surface area (Å²) in [6.07, 6.45) is 2.71. The van der Waals surface area contributed by atoms with Gasteiger partial charge in [-0.3, -0.25) is 4.79 Å². The average Bonchev–Trinajstić information content (AvgIpc) is 3.41. The third kappa shape index (κ3) is 3.63. The van der Waals surface area contributed by atoms with E-state index in [9.17, 15) is 24.2 Å². The molecule has 1 aliphatic heterocycles. The van der Waals surface area contributed by atoms with Crippen LogP contribution in [-0.2, 0) is 25.8 Å². The summed E-state index contributed by atoms with van der Waals surface area (Å²) in [6, 6.07) is 12.6. The largest absolute Gasteiger partial charge is 0.494 e. The molecule has 0 atom stereocenters. The Hall–Kier alpha value is -4.00. The van der Waals surface area contributed by atoms with Crippen LogP contribution in [0.15, 0.2) is 48.5 Å². The van der Waals surface area contributed by atoms with Gasteiger partial charge in [-0.1, -0.05) is 24.3 Å². The zero-order chi connectivity index (χ0) is 24.0. The zero-order valence-electron chi connectivity index (χ0n) is 18.6. The van der Waals surface area contributed by atoms with Gasteiger partial charge in [0.1, 0.15) is 5.82 Å². The fraction of sp³-hybridized carbons (Fsp3) is 0.222. The first-order valence-electron chi connectivity index (χ1n) is 11.2. The Kier molecular flexibility index (Phi) is 5.40. The summed E-state index contributed by atoms with van der Waals surface area (Å²) in [5.41, 5.74) is 4.92. The summed E-state index contributed by atoms with van der Waals surface area (Å²) in [5.74, 6) is -1.45. The number of carboxylic acid groups (broad SMARTS) is 1. The maximum Gasteiger partial charge on any atom is 0.335 e. The molecule has 0 radical (unpaired) electrons. The van der Waals surface area contributed by atoms with Crippen LogP contribution in [-0.4, -0.2) is 31.5 Å². The van der Waals surface area contributed by atoms with E-state index in [1.165, 1.54) is 31.2 Å². The summed E-state index contributed by atoms with van der Waals surface area (Å²) in [4.78, 5) is 29.2. The Morgan fingerprint density at radius 1 is 1.06 bits per heavy atom. The summed E-state index contributed by atoms with van der Waals surface area (Å²) in [5, 5.41) is 20.9. The molecular formula is C27H23FN2O4. The van der Waals surface area contributed by atoms with Gasteiger partial charge in [0.25, 0.3) is 0 Å². The molecule has 0 saturated carbocycles. The monoisotopic (exact) mass is 458 g/mol. The van der Waals surface area contributed by atoms with Crippen LogP contribution < -0.4 is 0 Å². The number of aryl methyl sites for hydroxylation is 3. The molecule has 1 aliphatic rings. The van der Waals surface area contributed by atoms with Gasteiger partial charge in [-0.05, 0) is 68.0 Å². The van der Waals surface area contributed by atoms with Crippen LogP contribution in [0.2, 0.25) is 0 Å². The normalized spacial score (nSPS) is 12.8. The van der Waals surface area contributed by atoms with Crippen LogP contribution in [0.5, 0.6) is 5.88 Å². The first kappa shape index (κ1) is 21.8. The molecule has 6 nitrogen and oxygen atoms in total. The molecule has 2 aromatic heterocycles. The molecule has 3 heterocycles. The van der Waals surface area contributed by atoms with Crippen molar-refractivity contribution in [2.75, 3.05) is 0 Å². The molecule has 5 rings (SSSR count). The van der Waals surface area contributed by atoms with Gasteiger partial charge in [0.05, 0.1) is 22.2 Å². The number of aromatic nitrogens is 2. The van der Waals surface area contributed by atoms with Gasteiger partial charge in [0.2, 0.25) is 5.88 Å². The maximum absolute atomic E-state index is 13.3. The second-order valence-corrected chi connectivity index (χ2v) is 8.62. The molecule has 0 spiro atoms. The highest BCUT2D eigenvalue weighted by Gasteiger charge is 2.29. The standard InChI is InChI=1S/C27H23FN2O4/c1-15(31)22-20(13-6-16-4-11-19(28)12-5-16)29-25-21-3-2-14-30(21)26(32)24(25)23(22)17-7-9-18(10-8-17)27(33)34/h4-5,7-12,32H,2-3,6,13-14H2,1H3,(H,33,34). The summed E-state index contributed by atoms with van der Waals surface area (Å²) >= 11 is 0. The van der Waals surface area contributed by atoms with Gasteiger partial charge in [-0.15, -0.1) is 0 Å². The maximum atomic E-state index is 13.3. The lowest BCUT2D eigenvalue weighted by Crippen LogP contribution is -2.08. The lowest BCUT2D eigenvalue weighted by molar-refractivity contribution is 0.0696. The summed E-state index contributed by atoms with van der Waals surface area (Å²) in [6.45, 7) is 2.15. The SMILES string of the molecule is CC(=O)c1c(CCc2ccc(F)cc2)nc2c3n(c(O)c2c1-c1ccc(C(=O)O)cc1)CCC3. The number of pyridine rings is 1. The Bertz CT molecular complexity index is 1440. The molecule has 0 amide bonds. The molecule has 34 heavy (non-hydrogen) atoms. The number of carboxylic acids is 1. The van der Waals surface area contributed by atoms with E-state index in [1.54, 1.807) is 24.3 Å². The van der Waals surface area contributed by atoms with Crippen molar-refractivity contribution in [1.82, 2.24) is 9.55 Å². The second kappa shape index (κ2) is 8.41. The molecule has 0 fully saturated rings. The molecule has 172 valence electrons. The van der Waals surface area contributed by atoms with Crippen LogP contribution in [0.3, 0.4) is 0 Å². The van der Waals surface area contributed by atoms with Crippen molar-refractivity contribution in [3.63, 3.8) is 0 Å². The van der Waals surface area contributed by atoms with Crippen LogP contribution in [0, 0.1) is 5.82 Å². The van der Waals surface area contributed by atoms with E-state index in [-0.39, 0.29) is 23.0 Å². The number of aromatic hydroxyl groups is 1. The molecule has 2 N–H and O–H groups in total. The summed E-state index contributed by atoms with van der Waals surface area (Å²) < 4.78 is 15.2. The molecule has 0 aliphatic carbocycles. The number of carbonyl (C=O) groups is 2. The smallest absolute Gasteiger partial charge is 0.335 e. The van der Waals surface area contributed by atoms with Gasteiger partial charge in [0, 0.05) is 23.4 Å². The van der Waals surface area contributed by atoms with Crippen molar-refractivity contribution in [1.29, 1.82) is 0 Å². The van der Waals surface area contributed by atoms with Crippen molar-refractivity contribution in [3.05, 3.63) is 82.4 Å². The minimum atomic E-state index is -1.04. The number of hydrogen-bond donors (Lipinski definition) is 2. The van der Waals surface area contributed by atoms with E-state index in [4.69, 9.17) is 4.98 Å². The Balaban J connectivity index is 1.73. The number of halogens is 1. The number of benzene rings is 2. The van der Waals surface area contributed by atoms with Crippen molar-refractivity contribution < 1.29 is 24.2 Å². The first-order valence-corrected chi connectivity index (χ1v) is 11.2. The van der Waals surface area contributed by atoms with E-state index >= 15 is 0 Å². The third-order valence-electron chi connectivity index (χ3n) is 6.48. The topological polar surface area (TPSA) is 92.4 Å². The molecule has 7 heteroatoms. The number of aromatic carboxylic acids is 1. The minimum Gasteiger partial charge on any atom is -0.494 e. The van der Waals surface area contributed by atoms with Crippen LogP contribution in [0.1, 0.15) is 51.0 Å².